The van der Waals surface area contributed by atoms with Crippen LogP contribution in [0, 0.1) is 0 Å². The molecule has 1 saturated carbocycles. The molecule has 1 unspecified atom stereocenters. The summed E-state index contributed by atoms with van der Waals surface area (Å²) in [5, 5.41) is 3.49. The monoisotopic (exact) mass is 228 g/mol. The van der Waals surface area contributed by atoms with Crippen LogP contribution < -0.4 is 5.32 Å². The lowest BCUT2D eigenvalue weighted by molar-refractivity contribution is 0.206. The molecule has 1 N–H and O–H groups in total. The molecule has 0 radical (unpaired) electrons. The molecule has 88 valence electrons. The van der Waals surface area contributed by atoms with E-state index in [1.165, 1.54) is 30.7 Å². The van der Waals surface area contributed by atoms with Crippen molar-refractivity contribution in [1.82, 2.24) is 10.2 Å². The zero-order valence-corrected chi connectivity index (χ0v) is 10.6. The van der Waals surface area contributed by atoms with Gasteiger partial charge in [0.25, 0.3) is 0 Å². The van der Waals surface area contributed by atoms with Crippen LogP contribution in [0.5, 0.6) is 0 Å². The Labute approximate surface area is 99.9 Å². The van der Waals surface area contributed by atoms with E-state index >= 15 is 0 Å². The van der Waals surface area contributed by atoms with Crippen LogP contribution in [0.1, 0.15) is 41.0 Å². The second-order valence-electron chi connectivity index (χ2n) is 5.07. The van der Waals surface area contributed by atoms with Crippen molar-refractivity contribution in [2.75, 3.05) is 13.1 Å². The Kier molecular flexibility index (Phi) is 3.75. The first kappa shape index (κ1) is 11.5. The number of hydrogen-bond donors (Lipinski definition) is 1. The van der Waals surface area contributed by atoms with Crippen LogP contribution in [-0.2, 0) is 0 Å². The summed E-state index contributed by atoms with van der Waals surface area (Å²) < 4.78 is 0. The lowest BCUT2D eigenvalue weighted by Crippen LogP contribution is -2.38. The van der Waals surface area contributed by atoms with Crippen molar-refractivity contribution >= 4 is 17.1 Å². The molecule has 0 aromatic heterocycles. The van der Waals surface area contributed by atoms with Gasteiger partial charge in [-0.05, 0) is 39.5 Å². The van der Waals surface area contributed by atoms with Crippen LogP contribution in [0.4, 0.5) is 0 Å². The first-order valence-electron chi connectivity index (χ1n) is 6.20. The molecule has 1 aliphatic carbocycles. The fourth-order valence-electron chi connectivity index (χ4n) is 2.47. The third-order valence-electron chi connectivity index (χ3n) is 3.51. The van der Waals surface area contributed by atoms with Gasteiger partial charge in [-0.25, -0.2) is 0 Å². The Balaban J connectivity index is 0.00000128. The summed E-state index contributed by atoms with van der Waals surface area (Å²) in [5.41, 5.74) is 0. The maximum absolute atomic E-state index is 5.36. The summed E-state index contributed by atoms with van der Waals surface area (Å²) in [5.74, 6) is 0. The smallest absolute Gasteiger partial charge is 0.0396 e. The van der Waals surface area contributed by atoms with Crippen LogP contribution >= 0.6 is 12.2 Å². The Morgan fingerprint density at radius 3 is 2.73 bits per heavy atom. The Hall–Kier alpha value is 0.01000. The normalized spacial score (nSPS) is 26.9. The third kappa shape index (κ3) is 2.99. The molecule has 2 nitrogen and oxygen atoms in total. The predicted molar refractivity (Wildman–Crippen MR) is 70.6 cm³/mol. The fourth-order valence-corrected chi connectivity index (χ4v) is 2.77. The van der Waals surface area contributed by atoms with Crippen molar-refractivity contribution in [3.05, 3.63) is 0 Å². The van der Waals surface area contributed by atoms with Gasteiger partial charge in [-0.1, -0.05) is 12.2 Å². The summed E-state index contributed by atoms with van der Waals surface area (Å²) in [6.07, 6.45) is 5.11. The molecular formula is C12H24N2S. The molecule has 1 heterocycles. The van der Waals surface area contributed by atoms with Crippen molar-refractivity contribution in [2.24, 2.45) is 0 Å². The van der Waals surface area contributed by atoms with Crippen LogP contribution in [-0.4, -0.2) is 41.0 Å². The number of rotatable bonds is 5. The Morgan fingerprint density at radius 2 is 2.27 bits per heavy atom. The van der Waals surface area contributed by atoms with E-state index in [-0.39, 0.29) is 1.43 Å². The molecule has 2 rings (SSSR count). The van der Waals surface area contributed by atoms with E-state index in [2.05, 4.69) is 24.1 Å². The molecule has 0 aromatic rings. The molecule has 15 heavy (non-hydrogen) atoms. The number of hydrogen-bond acceptors (Lipinski definition) is 3. The molecule has 2 aliphatic rings. The summed E-state index contributed by atoms with van der Waals surface area (Å²) in [7, 11) is 0. The van der Waals surface area contributed by atoms with E-state index in [0.29, 0.717) is 12.1 Å². The van der Waals surface area contributed by atoms with Crippen LogP contribution in [0.2, 0.25) is 0 Å². The van der Waals surface area contributed by atoms with Crippen molar-refractivity contribution in [2.45, 2.75) is 57.7 Å². The van der Waals surface area contributed by atoms with E-state index in [1.807, 2.05) is 0 Å². The minimum Gasteiger partial charge on any atom is -0.309 e. The number of thiocarbonyl (C=S) groups is 1. The average Bonchev–Trinajstić information content (AvgIpc) is 2.92. The average molecular weight is 228 g/mol. The predicted octanol–water partition coefficient (Wildman–Crippen LogP) is 2.23. The summed E-state index contributed by atoms with van der Waals surface area (Å²) in [6, 6.07) is 2.08. The van der Waals surface area contributed by atoms with Crippen LogP contribution in [0.15, 0.2) is 0 Å². The van der Waals surface area contributed by atoms with E-state index in [1.54, 1.807) is 0 Å². The van der Waals surface area contributed by atoms with Gasteiger partial charge in [0.15, 0.2) is 0 Å². The van der Waals surface area contributed by atoms with E-state index in [0.717, 1.165) is 19.0 Å². The van der Waals surface area contributed by atoms with Gasteiger partial charge in [-0.2, -0.15) is 0 Å². The maximum Gasteiger partial charge on any atom is 0.0396 e. The molecule has 0 amide bonds. The largest absolute Gasteiger partial charge is 0.309 e. The molecule has 0 aromatic carbocycles. The highest BCUT2D eigenvalue weighted by Crippen LogP contribution is 2.28. The summed E-state index contributed by atoms with van der Waals surface area (Å²) in [4.78, 5) is 3.89. The molecule has 2 fully saturated rings. The second-order valence-corrected chi connectivity index (χ2v) is 5.60. The molecule has 3 heteroatoms. The van der Waals surface area contributed by atoms with E-state index < -0.39 is 0 Å². The molecular weight excluding hydrogens is 204 g/mol. The first-order valence-corrected chi connectivity index (χ1v) is 6.61. The lowest BCUT2D eigenvalue weighted by atomic mass is 10.1. The Morgan fingerprint density at radius 1 is 1.53 bits per heavy atom. The SMILES string of the molecule is CC(C)N(CCC1NCCC1=S)C1CC1.[HH]. The second kappa shape index (κ2) is 4.89. The van der Waals surface area contributed by atoms with Gasteiger partial charge in [0.2, 0.25) is 0 Å². The number of nitrogens with zero attached hydrogens (tertiary/aromatic N) is 1. The molecule has 1 atom stereocenters. The summed E-state index contributed by atoms with van der Waals surface area (Å²) >= 11 is 5.36. The quantitative estimate of drug-likeness (QED) is 0.727. The van der Waals surface area contributed by atoms with Crippen molar-refractivity contribution in [3.8, 4) is 0 Å². The minimum atomic E-state index is 0. The minimum absolute atomic E-state index is 0. The number of nitrogens with one attached hydrogen (secondary N) is 1. The van der Waals surface area contributed by atoms with Gasteiger partial charge in [0.05, 0.1) is 0 Å². The topological polar surface area (TPSA) is 15.3 Å². The lowest BCUT2D eigenvalue weighted by Gasteiger charge is -2.27. The van der Waals surface area contributed by atoms with Crippen LogP contribution in [0.25, 0.3) is 0 Å². The molecule has 1 aliphatic heterocycles. The van der Waals surface area contributed by atoms with Gasteiger partial charge in [0, 0.05) is 37.5 Å². The standard InChI is InChI=1S/C12H22N2S.H2/c1-9(2)14(10-3-4-10)8-6-11-12(15)5-7-13-11;/h9-11,13H,3-8H2,1-2H3;1H. The third-order valence-corrected chi connectivity index (χ3v) is 3.99. The molecule has 0 bridgehead atoms. The molecule has 1 saturated heterocycles. The molecule has 0 spiro atoms. The van der Waals surface area contributed by atoms with E-state index in [9.17, 15) is 0 Å². The van der Waals surface area contributed by atoms with Crippen molar-refractivity contribution < 1.29 is 1.43 Å². The highest BCUT2D eigenvalue weighted by molar-refractivity contribution is 7.80. The van der Waals surface area contributed by atoms with Gasteiger partial charge < -0.3 is 5.32 Å². The van der Waals surface area contributed by atoms with Gasteiger partial charge in [-0.3, -0.25) is 4.90 Å². The van der Waals surface area contributed by atoms with Gasteiger partial charge in [0.1, 0.15) is 0 Å². The highest BCUT2D eigenvalue weighted by atomic mass is 32.1. The van der Waals surface area contributed by atoms with E-state index in [4.69, 9.17) is 12.2 Å². The zero-order chi connectivity index (χ0) is 10.8. The van der Waals surface area contributed by atoms with Gasteiger partial charge in [-0.15, -0.1) is 0 Å². The fraction of sp³-hybridized carbons (Fsp3) is 0.917. The van der Waals surface area contributed by atoms with Crippen molar-refractivity contribution in [3.63, 3.8) is 0 Å². The maximum atomic E-state index is 5.36. The van der Waals surface area contributed by atoms with Gasteiger partial charge >= 0.3 is 0 Å². The summed E-state index contributed by atoms with van der Waals surface area (Å²) in [6.45, 7) is 6.91. The zero-order valence-electron chi connectivity index (χ0n) is 9.83. The Bertz CT molecular complexity index is 239. The first-order chi connectivity index (χ1) is 7.18. The van der Waals surface area contributed by atoms with Crippen molar-refractivity contribution in [1.29, 1.82) is 0 Å². The highest BCUT2D eigenvalue weighted by Gasteiger charge is 2.31. The van der Waals surface area contributed by atoms with Crippen LogP contribution in [0.3, 0.4) is 0 Å².